The van der Waals surface area contributed by atoms with Gasteiger partial charge in [0, 0.05) is 17.6 Å². The Balaban J connectivity index is 1.74. The lowest BCUT2D eigenvalue weighted by Gasteiger charge is -2.18. The van der Waals surface area contributed by atoms with E-state index in [2.05, 4.69) is 10.1 Å². The quantitative estimate of drug-likeness (QED) is 0.657. The van der Waals surface area contributed by atoms with Gasteiger partial charge in [-0.3, -0.25) is 4.79 Å². The van der Waals surface area contributed by atoms with Crippen molar-refractivity contribution in [2.45, 2.75) is 25.5 Å². The van der Waals surface area contributed by atoms with Gasteiger partial charge in [0.25, 0.3) is 0 Å². The van der Waals surface area contributed by atoms with Crippen LogP contribution in [0.3, 0.4) is 0 Å². The van der Waals surface area contributed by atoms with Crippen LogP contribution in [0.5, 0.6) is 5.75 Å². The van der Waals surface area contributed by atoms with Crippen LogP contribution in [0, 0.1) is 0 Å². The molecule has 140 valence electrons. The number of halogens is 1. The van der Waals surface area contributed by atoms with Gasteiger partial charge in [0.05, 0.1) is 19.6 Å². The SMILES string of the molecule is COC(=O)Cc1ccc(OCC(C)NCC(O)c2cccc(Cl)c2)cc1. The predicted octanol–water partition coefficient (Wildman–Crippen LogP) is 3.15. The summed E-state index contributed by atoms with van der Waals surface area (Å²) in [4.78, 5) is 11.2. The van der Waals surface area contributed by atoms with E-state index in [9.17, 15) is 9.90 Å². The minimum atomic E-state index is -0.631. The number of aliphatic hydroxyl groups excluding tert-OH is 1. The highest BCUT2D eigenvalue weighted by Gasteiger charge is 2.10. The molecule has 2 unspecified atom stereocenters. The zero-order chi connectivity index (χ0) is 18.9. The Bertz CT molecular complexity index is 705. The molecule has 0 saturated heterocycles. The first-order valence-corrected chi connectivity index (χ1v) is 8.81. The van der Waals surface area contributed by atoms with Crippen molar-refractivity contribution >= 4 is 17.6 Å². The van der Waals surface area contributed by atoms with Gasteiger partial charge in [-0.2, -0.15) is 0 Å². The number of carbonyl (C=O) groups is 1. The lowest BCUT2D eigenvalue weighted by atomic mass is 10.1. The fraction of sp³-hybridized carbons (Fsp3) is 0.350. The van der Waals surface area contributed by atoms with Crippen molar-refractivity contribution in [3.05, 3.63) is 64.7 Å². The zero-order valence-electron chi connectivity index (χ0n) is 14.9. The summed E-state index contributed by atoms with van der Waals surface area (Å²) in [5, 5.41) is 14.0. The number of carbonyl (C=O) groups excluding carboxylic acids is 1. The van der Waals surface area contributed by atoms with Gasteiger partial charge in [0.15, 0.2) is 0 Å². The van der Waals surface area contributed by atoms with E-state index < -0.39 is 6.10 Å². The Hall–Kier alpha value is -2.08. The smallest absolute Gasteiger partial charge is 0.309 e. The van der Waals surface area contributed by atoms with Gasteiger partial charge in [0.1, 0.15) is 12.4 Å². The maximum absolute atomic E-state index is 11.2. The fourth-order valence-corrected chi connectivity index (χ4v) is 2.57. The molecular formula is C20H24ClNO4. The minimum Gasteiger partial charge on any atom is -0.492 e. The number of hydrogen-bond acceptors (Lipinski definition) is 5. The van der Waals surface area contributed by atoms with Gasteiger partial charge in [-0.25, -0.2) is 0 Å². The molecule has 0 radical (unpaired) electrons. The third kappa shape index (κ3) is 6.67. The van der Waals surface area contributed by atoms with Crippen LogP contribution >= 0.6 is 11.6 Å². The van der Waals surface area contributed by atoms with Crippen molar-refractivity contribution in [2.75, 3.05) is 20.3 Å². The molecule has 5 nitrogen and oxygen atoms in total. The first-order valence-electron chi connectivity index (χ1n) is 8.43. The van der Waals surface area contributed by atoms with Crippen LogP contribution < -0.4 is 10.1 Å². The summed E-state index contributed by atoms with van der Waals surface area (Å²) in [6, 6.07) is 14.6. The highest BCUT2D eigenvalue weighted by molar-refractivity contribution is 6.30. The number of rotatable bonds is 9. The summed E-state index contributed by atoms with van der Waals surface area (Å²) in [5.74, 6) is 0.456. The molecule has 0 aliphatic heterocycles. The van der Waals surface area contributed by atoms with Gasteiger partial charge in [0.2, 0.25) is 0 Å². The molecule has 26 heavy (non-hydrogen) atoms. The molecule has 0 aromatic heterocycles. The topological polar surface area (TPSA) is 67.8 Å². The lowest BCUT2D eigenvalue weighted by molar-refractivity contribution is -0.139. The molecule has 2 aromatic rings. The average molecular weight is 378 g/mol. The molecule has 0 aliphatic rings. The Labute approximate surface area is 158 Å². The van der Waals surface area contributed by atoms with Crippen molar-refractivity contribution in [2.24, 2.45) is 0 Å². The molecular weight excluding hydrogens is 354 g/mol. The van der Waals surface area contributed by atoms with Crippen LogP contribution in [0.2, 0.25) is 5.02 Å². The van der Waals surface area contributed by atoms with Crippen LogP contribution in [0.15, 0.2) is 48.5 Å². The van der Waals surface area contributed by atoms with E-state index in [1.54, 1.807) is 12.1 Å². The molecule has 0 saturated carbocycles. The van der Waals surface area contributed by atoms with Crippen molar-refractivity contribution in [1.29, 1.82) is 0 Å². The van der Waals surface area contributed by atoms with E-state index in [0.29, 0.717) is 18.2 Å². The first kappa shape index (κ1) is 20.2. The summed E-state index contributed by atoms with van der Waals surface area (Å²) in [5.41, 5.74) is 1.65. The first-order chi connectivity index (χ1) is 12.5. The number of hydrogen-bond donors (Lipinski definition) is 2. The van der Waals surface area contributed by atoms with Crippen LogP contribution in [-0.4, -0.2) is 37.4 Å². The zero-order valence-corrected chi connectivity index (χ0v) is 15.7. The molecule has 0 fully saturated rings. The third-order valence-electron chi connectivity index (χ3n) is 3.89. The molecule has 2 N–H and O–H groups in total. The van der Waals surface area contributed by atoms with E-state index >= 15 is 0 Å². The van der Waals surface area contributed by atoms with Crippen molar-refractivity contribution in [3.8, 4) is 5.75 Å². The number of methoxy groups -OCH3 is 1. The normalized spacial score (nSPS) is 13.1. The summed E-state index contributed by atoms with van der Waals surface area (Å²) < 4.78 is 10.4. The number of aliphatic hydroxyl groups is 1. The van der Waals surface area contributed by atoms with E-state index in [1.807, 2.05) is 43.3 Å². The average Bonchev–Trinajstić information content (AvgIpc) is 2.65. The highest BCUT2D eigenvalue weighted by Crippen LogP contribution is 2.17. The van der Waals surface area contributed by atoms with Crippen LogP contribution in [-0.2, 0) is 16.0 Å². The Morgan fingerprint density at radius 3 is 2.62 bits per heavy atom. The third-order valence-corrected chi connectivity index (χ3v) is 4.13. The standard InChI is InChI=1S/C20H24ClNO4/c1-14(22-12-19(23)16-4-3-5-17(21)11-16)13-26-18-8-6-15(7-9-18)10-20(24)25-2/h3-9,11,14,19,22-23H,10,12-13H2,1-2H3. The molecule has 0 spiro atoms. The second-order valence-corrected chi connectivity index (χ2v) is 6.52. The summed E-state index contributed by atoms with van der Waals surface area (Å²) in [6.45, 7) is 2.85. The number of benzene rings is 2. The molecule has 0 aliphatic carbocycles. The number of ether oxygens (including phenoxy) is 2. The Morgan fingerprint density at radius 2 is 1.96 bits per heavy atom. The predicted molar refractivity (Wildman–Crippen MR) is 102 cm³/mol. The maximum atomic E-state index is 11.2. The van der Waals surface area contributed by atoms with Crippen LogP contribution in [0.4, 0.5) is 0 Å². The van der Waals surface area contributed by atoms with Crippen molar-refractivity contribution < 1.29 is 19.4 Å². The minimum absolute atomic E-state index is 0.0542. The van der Waals surface area contributed by atoms with Crippen molar-refractivity contribution in [1.82, 2.24) is 5.32 Å². The molecule has 0 bridgehead atoms. The van der Waals surface area contributed by atoms with E-state index in [-0.39, 0.29) is 18.4 Å². The summed E-state index contributed by atoms with van der Waals surface area (Å²) in [7, 11) is 1.37. The van der Waals surface area contributed by atoms with Gasteiger partial charge in [-0.05, 0) is 42.3 Å². The van der Waals surface area contributed by atoms with Gasteiger partial charge < -0.3 is 19.9 Å². The second kappa shape index (κ2) is 10.2. The molecule has 2 aromatic carbocycles. The van der Waals surface area contributed by atoms with Crippen LogP contribution in [0.1, 0.15) is 24.2 Å². The largest absolute Gasteiger partial charge is 0.492 e. The second-order valence-electron chi connectivity index (χ2n) is 6.09. The Morgan fingerprint density at radius 1 is 1.23 bits per heavy atom. The van der Waals surface area contributed by atoms with Gasteiger partial charge in [-0.1, -0.05) is 35.9 Å². The van der Waals surface area contributed by atoms with Gasteiger partial charge >= 0.3 is 5.97 Å². The molecule has 0 amide bonds. The van der Waals surface area contributed by atoms with Crippen LogP contribution in [0.25, 0.3) is 0 Å². The summed E-state index contributed by atoms with van der Waals surface area (Å²) in [6.07, 6.45) is -0.385. The number of esters is 1. The maximum Gasteiger partial charge on any atom is 0.309 e. The fourth-order valence-electron chi connectivity index (χ4n) is 2.37. The van der Waals surface area contributed by atoms with Crippen molar-refractivity contribution in [3.63, 3.8) is 0 Å². The molecule has 0 heterocycles. The van der Waals surface area contributed by atoms with E-state index in [4.69, 9.17) is 16.3 Å². The molecule has 6 heteroatoms. The molecule has 2 atom stereocenters. The lowest BCUT2D eigenvalue weighted by Crippen LogP contribution is -2.34. The van der Waals surface area contributed by atoms with E-state index in [1.165, 1.54) is 7.11 Å². The van der Waals surface area contributed by atoms with Gasteiger partial charge in [-0.15, -0.1) is 0 Å². The monoisotopic (exact) mass is 377 g/mol. The molecule has 2 rings (SSSR count). The number of nitrogens with one attached hydrogen (secondary N) is 1. The summed E-state index contributed by atoms with van der Waals surface area (Å²) >= 11 is 5.94. The van der Waals surface area contributed by atoms with E-state index in [0.717, 1.165) is 16.9 Å². The Kier molecular flexibility index (Phi) is 7.91. The highest BCUT2D eigenvalue weighted by atomic mass is 35.5.